The number of amides is 1. The molecule has 2 N–H and O–H groups in total. The molecule has 1 atom stereocenters. The molecule has 12 heavy (non-hydrogen) atoms. The Morgan fingerprint density at radius 2 is 2.50 bits per heavy atom. The van der Waals surface area contributed by atoms with Crippen LogP contribution in [0.25, 0.3) is 0 Å². The summed E-state index contributed by atoms with van der Waals surface area (Å²) in [7, 11) is 0. The van der Waals surface area contributed by atoms with Crippen LogP contribution >= 0.6 is 11.8 Å². The largest absolute Gasteiger partial charge is 0.368 e. The fraction of sp³-hybridized carbons (Fsp3) is 0.500. The van der Waals surface area contributed by atoms with E-state index in [1.807, 2.05) is 0 Å². The van der Waals surface area contributed by atoms with Gasteiger partial charge in [-0.05, 0) is 6.42 Å². The van der Waals surface area contributed by atoms with Crippen molar-refractivity contribution >= 4 is 23.5 Å². The lowest BCUT2D eigenvalue weighted by Crippen LogP contribution is -2.38. The van der Waals surface area contributed by atoms with Crippen molar-refractivity contribution in [2.24, 2.45) is 5.73 Å². The molecule has 4 heteroatoms. The molecule has 0 aliphatic carbocycles. The molecule has 0 saturated carbocycles. The van der Waals surface area contributed by atoms with Gasteiger partial charge >= 0.3 is 0 Å². The lowest BCUT2D eigenvalue weighted by Gasteiger charge is -2.20. The summed E-state index contributed by atoms with van der Waals surface area (Å²) in [5, 5.41) is 0. The normalized spacial score (nSPS) is 28.8. The van der Waals surface area contributed by atoms with Gasteiger partial charge in [0.2, 0.25) is 5.91 Å². The molecule has 1 aliphatic rings. The number of Topliss-reactive ketones (excluding diaryl/α,β-unsaturated/α-hetero) is 1. The van der Waals surface area contributed by atoms with Crippen LogP contribution in [-0.2, 0) is 9.59 Å². The van der Waals surface area contributed by atoms with Crippen molar-refractivity contribution in [1.82, 2.24) is 0 Å². The standard InChI is InChI=1S/C8H11NO2S/c1-2-3-8(7(9)11)4-6(10)5-12-8/h2H,1,3-5H2,(H2,9,11). The van der Waals surface area contributed by atoms with Crippen molar-refractivity contribution < 1.29 is 9.59 Å². The molecule has 0 spiro atoms. The SMILES string of the molecule is C=CCC1(C(N)=O)CC(=O)CS1. The summed E-state index contributed by atoms with van der Waals surface area (Å²) in [6.07, 6.45) is 2.38. The monoisotopic (exact) mass is 185 g/mol. The highest BCUT2D eigenvalue weighted by molar-refractivity contribution is 8.02. The van der Waals surface area contributed by atoms with Crippen molar-refractivity contribution in [2.45, 2.75) is 17.6 Å². The number of carbonyl (C=O) groups excluding carboxylic acids is 2. The molecule has 3 nitrogen and oxygen atoms in total. The van der Waals surface area contributed by atoms with E-state index >= 15 is 0 Å². The first-order valence-electron chi connectivity index (χ1n) is 3.67. The van der Waals surface area contributed by atoms with Crippen molar-refractivity contribution in [3.8, 4) is 0 Å². The molecule has 1 aliphatic heterocycles. The van der Waals surface area contributed by atoms with Crippen molar-refractivity contribution in [1.29, 1.82) is 0 Å². The lowest BCUT2D eigenvalue weighted by atomic mass is 9.98. The third-order valence-corrected chi connectivity index (χ3v) is 3.45. The van der Waals surface area contributed by atoms with E-state index in [1.54, 1.807) is 6.08 Å². The number of allylic oxidation sites excluding steroid dienone is 1. The van der Waals surface area contributed by atoms with E-state index in [0.717, 1.165) is 0 Å². The summed E-state index contributed by atoms with van der Waals surface area (Å²) in [6.45, 7) is 3.54. The number of carbonyl (C=O) groups is 2. The highest BCUT2D eigenvalue weighted by atomic mass is 32.2. The quantitative estimate of drug-likeness (QED) is 0.651. The minimum absolute atomic E-state index is 0.0978. The number of primary amides is 1. The van der Waals surface area contributed by atoms with E-state index in [1.165, 1.54) is 11.8 Å². The van der Waals surface area contributed by atoms with Crippen LogP contribution in [0.5, 0.6) is 0 Å². The second-order valence-corrected chi connectivity index (χ2v) is 4.21. The van der Waals surface area contributed by atoms with E-state index < -0.39 is 10.7 Å². The highest BCUT2D eigenvalue weighted by Gasteiger charge is 2.43. The predicted molar refractivity (Wildman–Crippen MR) is 48.8 cm³/mol. The second-order valence-electron chi connectivity index (χ2n) is 2.86. The van der Waals surface area contributed by atoms with Gasteiger partial charge in [-0.2, -0.15) is 0 Å². The minimum Gasteiger partial charge on any atom is -0.368 e. The average molecular weight is 185 g/mol. The van der Waals surface area contributed by atoms with Gasteiger partial charge in [0.25, 0.3) is 0 Å². The maximum Gasteiger partial charge on any atom is 0.234 e. The maximum absolute atomic E-state index is 11.1. The van der Waals surface area contributed by atoms with E-state index in [4.69, 9.17) is 5.73 Å². The van der Waals surface area contributed by atoms with Gasteiger partial charge in [-0.3, -0.25) is 9.59 Å². The first-order chi connectivity index (χ1) is 5.60. The van der Waals surface area contributed by atoms with Gasteiger partial charge in [-0.1, -0.05) is 6.08 Å². The molecule has 0 aromatic heterocycles. The first kappa shape index (κ1) is 9.32. The van der Waals surface area contributed by atoms with Crippen LogP contribution in [-0.4, -0.2) is 22.2 Å². The van der Waals surface area contributed by atoms with Gasteiger partial charge in [-0.15, -0.1) is 18.3 Å². The zero-order valence-electron chi connectivity index (χ0n) is 6.71. The van der Waals surface area contributed by atoms with Crippen molar-refractivity contribution in [3.05, 3.63) is 12.7 Å². The third-order valence-electron chi connectivity index (χ3n) is 1.92. The molecule has 66 valence electrons. The predicted octanol–water partition coefficient (Wildman–Crippen LogP) is 0.493. The minimum atomic E-state index is -0.696. The molecule has 1 amide bonds. The molecule has 1 saturated heterocycles. The van der Waals surface area contributed by atoms with Gasteiger partial charge in [0, 0.05) is 6.42 Å². The second kappa shape index (κ2) is 3.31. The fourth-order valence-electron chi connectivity index (χ4n) is 1.26. The van der Waals surface area contributed by atoms with Gasteiger partial charge in [0.05, 0.1) is 5.75 Å². The summed E-state index contributed by atoms with van der Waals surface area (Å²) >= 11 is 1.34. The number of thioether (sulfide) groups is 1. The Hall–Kier alpha value is -0.770. The van der Waals surface area contributed by atoms with Crippen molar-refractivity contribution in [3.63, 3.8) is 0 Å². The summed E-state index contributed by atoms with van der Waals surface area (Å²) in [6, 6.07) is 0. The Morgan fingerprint density at radius 3 is 2.83 bits per heavy atom. The molecular formula is C8H11NO2S. The Bertz CT molecular complexity index is 239. The molecule has 1 unspecified atom stereocenters. The smallest absolute Gasteiger partial charge is 0.234 e. The summed E-state index contributed by atoms with van der Waals surface area (Å²) in [4.78, 5) is 22.0. The van der Waals surface area contributed by atoms with E-state index in [9.17, 15) is 9.59 Å². The molecular weight excluding hydrogens is 174 g/mol. The highest BCUT2D eigenvalue weighted by Crippen LogP contribution is 2.39. The van der Waals surface area contributed by atoms with Gasteiger partial charge in [-0.25, -0.2) is 0 Å². The molecule has 1 fully saturated rings. The van der Waals surface area contributed by atoms with Crippen LogP contribution in [0, 0.1) is 0 Å². The lowest BCUT2D eigenvalue weighted by molar-refractivity contribution is -0.123. The average Bonchev–Trinajstić information content (AvgIpc) is 2.34. The summed E-state index contributed by atoms with van der Waals surface area (Å²) in [5.41, 5.74) is 5.22. The zero-order valence-corrected chi connectivity index (χ0v) is 7.52. The Labute approximate surface area is 75.4 Å². The molecule has 1 rings (SSSR count). The van der Waals surface area contributed by atoms with Gasteiger partial charge in [0.1, 0.15) is 10.5 Å². The summed E-state index contributed by atoms with van der Waals surface area (Å²) in [5.74, 6) is 0.0930. The Morgan fingerprint density at radius 1 is 1.83 bits per heavy atom. The number of hydrogen-bond donors (Lipinski definition) is 1. The molecule has 0 radical (unpaired) electrons. The maximum atomic E-state index is 11.1. The third kappa shape index (κ3) is 1.53. The first-order valence-corrected chi connectivity index (χ1v) is 4.66. The number of hydrogen-bond acceptors (Lipinski definition) is 3. The zero-order chi connectivity index (χ0) is 9.19. The van der Waals surface area contributed by atoms with E-state index in [-0.39, 0.29) is 12.2 Å². The van der Waals surface area contributed by atoms with E-state index in [0.29, 0.717) is 12.2 Å². The number of ketones is 1. The Balaban J connectivity index is 2.80. The summed E-state index contributed by atoms with van der Waals surface area (Å²) < 4.78 is -0.696. The number of nitrogens with two attached hydrogens (primary N) is 1. The fourth-order valence-corrected chi connectivity index (χ4v) is 2.44. The van der Waals surface area contributed by atoms with Crippen LogP contribution in [0.15, 0.2) is 12.7 Å². The van der Waals surface area contributed by atoms with Crippen LogP contribution < -0.4 is 5.73 Å². The van der Waals surface area contributed by atoms with Crippen LogP contribution in [0.4, 0.5) is 0 Å². The van der Waals surface area contributed by atoms with E-state index in [2.05, 4.69) is 6.58 Å². The van der Waals surface area contributed by atoms with Crippen LogP contribution in [0.3, 0.4) is 0 Å². The molecule has 0 aromatic carbocycles. The number of rotatable bonds is 3. The van der Waals surface area contributed by atoms with Crippen molar-refractivity contribution in [2.75, 3.05) is 5.75 Å². The van der Waals surface area contributed by atoms with Crippen LogP contribution in [0.1, 0.15) is 12.8 Å². The molecule has 0 bridgehead atoms. The van der Waals surface area contributed by atoms with Gasteiger partial charge < -0.3 is 5.73 Å². The molecule has 0 aromatic rings. The van der Waals surface area contributed by atoms with Gasteiger partial charge in [0.15, 0.2) is 0 Å². The topological polar surface area (TPSA) is 60.2 Å². The Kier molecular flexibility index (Phi) is 2.57. The molecule has 1 heterocycles. The van der Waals surface area contributed by atoms with Crippen LogP contribution in [0.2, 0.25) is 0 Å².